The Bertz CT molecular complexity index is 862. The van der Waals surface area contributed by atoms with E-state index in [9.17, 15) is 4.79 Å². The van der Waals surface area contributed by atoms with Gasteiger partial charge in [0.25, 0.3) is 0 Å². The number of benzene rings is 1. The zero-order valence-electron chi connectivity index (χ0n) is 12.6. The highest BCUT2D eigenvalue weighted by molar-refractivity contribution is 7.99. The largest absolute Gasteiger partial charge is 0.419 e. The van der Waals surface area contributed by atoms with Crippen LogP contribution in [-0.4, -0.2) is 30.5 Å². The number of tetrazole rings is 1. The summed E-state index contributed by atoms with van der Waals surface area (Å²) >= 11 is 1.58. The van der Waals surface area contributed by atoms with E-state index in [-0.39, 0.29) is 5.76 Å². The van der Waals surface area contributed by atoms with Crippen LogP contribution in [0.3, 0.4) is 0 Å². The van der Waals surface area contributed by atoms with Crippen molar-refractivity contribution in [2.75, 3.05) is 5.75 Å². The summed E-state index contributed by atoms with van der Waals surface area (Å²) < 4.78 is 8.84. The van der Waals surface area contributed by atoms with E-state index in [2.05, 4.69) is 15.5 Å². The van der Waals surface area contributed by atoms with Crippen molar-refractivity contribution >= 4 is 22.9 Å². The maximum Gasteiger partial charge on any atom is 0.419 e. The third-order valence-electron chi connectivity index (χ3n) is 4.25. The third-order valence-corrected chi connectivity index (χ3v) is 5.17. The molecule has 2 aromatic heterocycles. The minimum absolute atomic E-state index is 0.317. The number of rotatable bonds is 5. The number of nitrogens with zero attached hydrogens (tertiary/aromatic N) is 5. The molecule has 2 heterocycles. The fourth-order valence-corrected chi connectivity index (χ4v) is 3.98. The van der Waals surface area contributed by atoms with Gasteiger partial charge in [-0.1, -0.05) is 36.7 Å². The van der Waals surface area contributed by atoms with Crippen LogP contribution in [0.5, 0.6) is 0 Å². The summed E-state index contributed by atoms with van der Waals surface area (Å²) in [4.78, 5) is 11.9. The van der Waals surface area contributed by atoms with Crippen LogP contribution < -0.4 is 5.76 Å². The van der Waals surface area contributed by atoms with Gasteiger partial charge in [-0.2, -0.15) is 0 Å². The van der Waals surface area contributed by atoms with Crippen LogP contribution in [-0.2, 0) is 6.54 Å². The molecular formula is C15H17N5O2S. The molecule has 0 amide bonds. The first-order valence-electron chi connectivity index (χ1n) is 7.82. The van der Waals surface area contributed by atoms with Crippen LogP contribution in [0.15, 0.2) is 38.6 Å². The molecule has 1 fully saturated rings. The molecular weight excluding hydrogens is 314 g/mol. The molecule has 0 bridgehead atoms. The van der Waals surface area contributed by atoms with E-state index in [1.54, 1.807) is 22.4 Å². The molecule has 3 aromatic rings. The van der Waals surface area contributed by atoms with Crippen LogP contribution >= 0.6 is 11.8 Å². The molecule has 7 nitrogen and oxygen atoms in total. The molecule has 0 saturated heterocycles. The Balaban J connectivity index is 1.47. The predicted molar refractivity (Wildman–Crippen MR) is 86.5 cm³/mol. The fourth-order valence-electron chi connectivity index (χ4n) is 3.11. The van der Waals surface area contributed by atoms with Crippen LogP contribution in [0.25, 0.3) is 11.1 Å². The van der Waals surface area contributed by atoms with Gasteiger partial charge in [-0.25, -0.2) is 9.48 Å². The second kappa shape index (κ2) is 6.19. The summed E-state index contributed by atoms with van der Waals surface area (Å²) in [5.41, 5.74) is 1.45. The van der Waals surface area contributed by atoms with Gasteiger partial charge in [0, 0.05) is 12.3 Å². The molecule has 1 aliphatic carbocycles. The van der Waals surface area contributed by atoms with Gasteiger partial charge in [-0.15, -0.1) is 5.10 Å². The molecule has 120 valence electrons. The topological polar surface area (TPSA) is 78.7 Å². The lowest BCUT2D eigenvalue weighted by Gasteiger charge is -2.10. The molecule has 0 spiro atoms. The molecule has 1 aliphatic rings. The van der Waals surface area contributed by atoms with E-state index in [1.807, 2.05) is 22.9 Å². The Kier molecular flexibility index (Phi) is 3.90. The van der Waals surface area contributed by atoms with Crippen molar-refractivity contribution in [3.63, 3.8) is 0 Å². The van der Waals surface area contributed by atoms with Gasteiger partial charge in [0.05, 0.1) is 11.6 Å². The smallest absolute Gasteiger partial charge is 0.408 e. The quantitative estimate of drug-likeness (QED) is 0.668. The first kappa shape index (κ1) is 14.5. The van der Waals surface area contributed by atoms with Gasteiger partial charge in [0.2, 0.25) is 5.16 Å². The number of oxazole rings is 1. The molecule has 1 saturated carbocycles. The van der Waals surface area contributed by atoms with E-state index in [4.69, 9.17) is 4.42 Å². The number of para-hydroxylation sites is 2. The number of aromatic nitrogens is 5. The van der Waals surface area contributed by atoms with Crippen LogP contribution in [0, 0.1) is 0 Å². The van der Waals surface area contributed by atoms with Crippen molar-refractivity contribution in [2.45, 2.75) is 43.4 Å². The number of fused-ring (bicyclic) bond motifs is 1. The van der Waals surface area contributed by atoms with Crippen molar-refractivity contribution in [1.29, 1.82) is 0 Å². The number of hydrogen-bond acceptors (Lipinski definition) is 6. The SMILES string of the molecule is O=c1oc2ccccc2n1CCSc1nnnn1C1CCCC1. The Morgan fingerprint density at radius 2 is 2.09 bits per heavy atom. The third kappa shape index (κ3) is 2.78. The number of hydrogen-bond donors (Lipinski definition) is 0. The van der Waals surface area contributed by atoms with Crippen LogP contribution in [0.2, 0.25) is 0 Å². The normalized spacial score (nSPS) is 15.7. The molecule has 0 N–H and O–H groups in total. The zero-order chi connectivity index (χ0) is 15.6. The molecule has 0 atom stereocenters. The van der Waals surface area contributed by atoms with Gasteiger partial charge >= 0.3 is 5.76 Å². The Labute approximate surface area is 136 Å². The lowest BCUT2D eigenvalue weighted by Crippen LogP contribution is -2.16. The van der Waals surface area contributed by atoms with E-state index in [0.29, 0.717) is 18.2 Å². The summed E-state index contributed by atoms with van der Waals surface area (Å²) in [5, 5.41) is 12.9. The Morgan fingerprint density at radius 3 is 2.96 bits per heavy atom. The van der Waals surface area contributed by atoms with Crippen LogP contribution in [0.4, 0.5) is 0 Å². The molecule has 1 aromatic carbocycles. The van der Waals surface area contributed by atoms with E-state index in [0.717, 1.165) is 29.3 Å². The molecule has 4 rings (SSSR count). The lowest BCUT2D eigenvalue weighted by atomic mass is 10.3. The minimum Gasteiger partial charge on any atom is -0.408 e. The van der Waals surface area contributed by atoms with Gasteiger partial charge in [0.1, 0.15) is 0 Å². The summed E-state index contributed by atoms with van der Waals surface area (Å²) in [6, 6.07) is 7.89. The Morgan fingerprint density at radius 1 is 1.26 bits per heavy atom. The van der Waals surface area contributed by atoms with Crippen molar-refractivity contribution in [2.24, 2.45) is 0 Å². The molecule has 0 aliphatic heterocycles. The minimum atomic E-state index is -0.317. The molecule has 8 heteroatoms. The van der Waals surface area contributed by atoms with Crippen molar-refractivity contribution in [1.82, 2.24) is 24.8 Å². The Hall–Kier alpha value is -2.09. The van der Waals surface area contributed by atoms with Crippen molar-refractivity contribution in [3.8, 4) is 0 Å². The lowest BCUT2D eigenvalue weighted by molar-refractivity contribution is 0.423. The molecule has 23 heavy (non-hydrogen) atoms. The van der Waals surface area contributed by atoms with Gasteiger partial charge in [-0.3, -0.25) is 4.57 Å². The van der Waals surface area contributed by atoms with Gasteiger partial charge in [-0.05, 0) is 35.4 Å². The number of thioether (sulfide) groups is 1. The standard InChI is InChI=1S/C15H17N5O2S/c21-15-19(12-7-3-4-8-13(12)22-15)9-10-23-14-16-17-18-20(14)11-5-1-2-6-11/h3-4,7-8,11H,1-2,5-6,9-10H2. The van der Waals surface area contributed by atoms with E-state index < -0.39 is 0 Å². The summed E-state index contributed by atoms with van der Waals surface area (Å²) in [7, 11) is 0. The predicted octanol–water partition coefficient (Wildman–Crippen LogP) is 2.49. The van der Waals surface area contributed by atoms with Gasteiger partial charge < -0.3 is 4.42 Å². The number of aryl methyl sites for hydroxylation is 1. The second-order valence-corrected chi connectivity index (χ2v) is 6.74. The fraction of sp³-hybridized carbons (Fsp3) is 0.467. The molecule has 0 unspecified atom stereocenters. The summed E-state index contributed by atoms with van der Waals surface area (Å²) in [6.45, 7) is 0.568. The maximum absolute atomic E-state index is 11.9. The summed E-state index contributed by atoms with van der Waals surface area (Å²) in [6.07, 6.45) is 4.77. The van der Waals surface area contributed by atoms with Crippen molar-refractivity contribution in [3.05, 3.63) is 34.8 Å². The average molecular weight is 331 g/mol. The first-order chi connectivity index (χ1) is 11.3. The zero-order valence-corrected chi connectivity index (χ0v) is 13.4. The van der Waals surface area contributed by atoms with Crippen LogP contribution in [0.1, 0.15) is 31.7 Å². The monoisotopic (exact) mass is 331 g/mol. The maximum atomic E-state index is 11.9. The highest BCUT2D eigenvalue weighted by Gasteiger charge is 2.21. The molecule has 0 radical (unpaired) electrons. The van der Waals surface area contributed by atoms with Gasteiger partial charge in [0.15, 0.2) is 5.58 Å². The van der Waals surface area contributed by atoms with E-state index in [1.165, 1.54) is 12.8 Å². The summed E-state index contributed by atoms with van der Waals surface area (Å²) in [5.74, 6) is 0.401. The van der Waals surface area contributed by atoms with Crippen molar-refractivity contribution < 1.29 is 4.42 Å². The first-order valence-corrected chi connectivity index (χ1v) is 8.80. The highest BCUT2D eigenvalue weighted by atomic mass is 32.2. The average Bonchev–Trinajstić information content (AvgIpc) is 3.27. The van der Waals surface area contributed by atoms with E-state index >= 15 is 0 Å². The highest BCUT2D eigenvalue weighted by Crippen LogP contribution is 2.31. The second-order valence-electron chi connectivity index (χ2n) is 5.68.